The zero-order valence-electron chi connectivity index (χ0n) is 15.4. The highest BCUT2D eigenvalue weighted by Crippen LogP contribution is 2.28. The number of hydrogen-bond donors (Lipinski definition) is 3. The zero-order chi connectivity index (χ0) is 19.6. The summed E-state index contributed by atoms with van der Waals surface area (Å²) >= 11 is 0. The Hall–Kier alpha value is -2.44. The summed E-state index contributed by atoms with van der Waals surface area (Å²) in [6.07, 6.45) is 6.92. The van der Waals surface area contributed by atoms with Crippen LogP contribution in [0.1, 0.15) is 61.7 Å². The second-order valence-electron chi connectivity index (χ2n) is 7.13. The van der Waals surface area contributed by atoms with Gasteiger partial charge in [0.1, 0.15) is 5.82 Å². The van der Waals surface area contributed by atoms with Crippen molar-refractivity contribution in [2.45, 2.75) is 57.4 Å². The molecule has 3 N–H and O–H groups in total. The van der Waals surface area contributed by atoms with Gasteiger partial charge in [0.15, 0.2) is 0 Å². The molecule has 27 heavy (non-hydrogen) atoms. The number of carboxylic acids is 1. The van der Waals surface area contributed by atoms with Crippen LogP contribution in [0, 0.1) is 11.7 Å². The molecule has 2 rings (SSSR count). The topological polar surface area (TPSA) is 95.5 Å². The highest BCUT2D eigenvalue weighted by molar-refractivity contribution is 5.96. The van der Waals surface area contributed by atoms with E-state index < -0.39 is 17.7 Å². The van der Waals surface area contributed by atoms with Gasteiger partial charge in [-0.25, -0.2) is 4.39 Å². The van der Waals surface area contributed by atoms with Gasteiger partial charge in [-0.15, -0.1) is 0 Å². The van der Waals surface area contributed by atoms with Crippen LogP contribution in [0.2, 0.25) is 0 Å². The van der Waals surface area contributed by atoms with E-state index in [1.54, 1.807) is 0 Å². The average molecular weight is 378 g/mol. The fourth-order valence-electron chi connectivity index (χ4n) is 3.54. The maximum absolute atomic E-state index is 13.2. The molecule has 0 saturated heterocycles. The quantitative estimate of drug-likeness (QED) is 0.616. The summed E-state index contributed by atoms with van der Waals surface area (Å²) in [5.74, 6) is -1.81. The zero-order valence-corrected chi connectivity index (χ0v) is 15.4. The van der Waals surface area contributed by atoms with Crippen molar-refractivity contribution < 1.29 is 23.9 Å². The third kappa shape index (κ3) is 7.76. The Morgan fingerprint density at radius 1 is 1.19 bits per heavy atom. The molecular weight excluding hydrogens is 351 g/mol. The van der Waals surface area contributed by atoms with Crippen LogP contribution in [-0.2, 0) is 9.59 Å². The maximum Gasteiger partial charge on any atom is 0.303 e. The van der Waals surface area contributed by atoms with Crippen LogP contribution in [0.25, 0.3) is 0 Å². The first-order chi connectivity index (χ1) is 12.9. The molecule has 1 saturated carbocycles. The van der Waals surface area contributed by atoms with Crippen molar-refractivity contribution in [2.75, 3.05) is 6.54 Å². The minimum absolute atomic E-state index is 0.00663. The molecule has 1 atom stereocenters. The third-order valence-corrected chi connectivity index (χ3v) is 4.91. The molecule has 2 amide bonds. The van der Waals surface area contributed by atoms with Gasteiger partial charge >= 0.3 is 5.97 Å². The molecule has 0 heterocycles. The molecule has 0 aliphatic heterocycles. The second kappa shape index (κ2) is 10.6. The van der Waals surface area contributed by atoms with E-state index >= 15 is 0 Å². The number of benzene rings is 1. The fourth-order valence-corrected chi connectivity index (χ4v) is 3.54. The lowest BCUT2D eigenvalue weighted by atomic mass is 9.84. The van der Waals surface area contributed by atoms with Crippen molar-refractivity contribution in [3.05, 3.63) is 35.6 Å². The summed E-state index contributed by atoms with van der Waals surface area (Å²) in [5.41, 5.74) is 0.146. The van der Waals surface area contributed by atoms with E-state index in [-0.39, 0.29) is 30.5 Å². The number of aliphatic carboxylic acids is 1. The lowest BCUT2D eigenvalue weighted by Gasteiger charge is -2.27. The predicted octanol–water partition coefficient (Wildman–Crippen LogP) is 2.88. The van der Waals surface area contributed by atoms with E-state index in [9.17, 15) is 18.8 Å². The Balaban J connectivity index is 1.83. The highest BCUT2D eigenvalue weighted by atomic mass is 19.1. The molecule has 1 aromatic rings. The highest BCUT2D eigenvalue weighted by Gasteiger charge is 2.21. The van der Waals surface area contributed by atoms with Crippen LogP contribution in [0.5, 0.6) is 0 Å². The molecule has 0 bridgehead atoms. The first kappa shape index (κ1) is 20.9. The third-order valence-electron chi connectivity index (χ3n) is 4.91. The van der Waals surface area contributed by atoms with E-state index in [0.29, 0.717) is 12.3 Å². The van der Waals surface area contributed by atoms with Gasteiger partial charge < -0.3 is 15.7 Å². The van der Waals surface area contributed by atoms with Crippen LogP contribution in [0.4, 0.5) is 4.39 Å². The SMILES string of the molecule is O=C(O)CCC(CC1CCCCC1)NC(=O)CNC(=O)c1cccc(F)c1. The van der Waals surface area contributed by atoms with Crippen molar-refractivity contribution in [3.8, 4) is 0 Å². The Morgan fingerprint density at radius 2 is 1.93 bits per heavy atom. The molecule has 1 unspecified atom stereocenters. The number of amides is 2. The van der Waals surface area contributed by atoms with Gasteiger partial charge in [0, 0.05) is 18.0 Å². The van der Waals surface area contributed by atoms with E-state index in [1.165, 1.54) is 37.5 Å². The fraction of sp³-hybridized carbons (Fsp3) is 0.550. The van der Waals surface area contributed by atoms with Crippen LogP contribution >= 0.6 is 0 Å². The first-order valence-electron chi connectivity index (χ1n) is 9.49. The van der Waals surface area contributed by atoms with Crippen LogP contribution in [0.15, 0.2) is 24.3 Å². The molecule has 1 aromatic carbocycles. The van der Waals surface area contributed by atoms with Crippen molar-refractivity contribution in [1.82, 2.24) is 10.6 Å². The molecule has 6 nitrogen and oxygen atoms in total. The summed E-state index contributed by atoms with van der Waals surface area (Å²) in [4.78, 5) is 35.1. The number of carbonyl (C=O) groups excluding carboxylic acids is 2. The number of halogens is 1. The number of rotatable bonds is 9. The van der Waals surface area contributed by atoms with Gasteiger partial charge in [0.05, 0.1) is 6.54 Å². The Kier molecular flexibility index (Phi) is 8.23. The molecule has 1 aliphatic carbocycles. The van der Waals surface area contributed by atoms with Gasteiger partial charge in [-0.2, -0.15) is 0 Å². The normalized spacial score (nSPS) is 15.7. The van der Waals surface area contributed by atoms with Gasteiger partial charge in [0.25, 0.3) is 5.91 Å². The molecule has 1 aliphatic rings. The monoisotopic (exact) mass is 378 g/mol. The summed E-state index contributed by atoms with van der Waals surface area (Å²) < 4.78 is 13.2. The molecule has 7 heteroatoms. The van der Waals surface area contributed by atoms with Gasteiger partial charge in [-0.1, -0.05) is 38.2 Å². The average Bonchev–Trinajstić information content (AvgIpc) is 2.65. The van der Waals surface area contributed by atoms with Gasteiger partial charge in [-0.05, 0) is 37.0 Å². The number of nitrogens with one attached hydrogen (secondary N) is 2. The molecule has 148 valence electrons. The minimum atomic E-state index is -0.891. The Labute approximate surface area is 158 Å². The standard InChI is InChI=1S/C20H27FN2O4/c21-16-8-4-7-15(12-16)20(27)22-13-18(24)23-17(9-10-19(25)26)11-14-5-2-1-3-6-14/h4,7-8,12,14,17H,1-3,5-6,9-11,13H2,(H,22,27)(H,23,24)(H,25,26). The number of carboxylic acid groups (broad SMARTS) is 1. The van der Waals surface area contributed by atoms with Crippen molar-refractivity contribution in [3.63, 3.8) is 0 Å². The van der Waals surface area contributed by atoms with Gasteiger partial charge in [0.2, 0.25) is 5.91 Å². The Morgan fingerprint density at radius 3 is 2.59 bits per heavy atom. The molecule has 1 fully saturated rings. The van der Waals surface area contributed by atoms with E-state index in [2.05, 4.69) is 10.6 Å². The lowest BCUT2D eigenvalue weighted by molar-refractivity contribution is -0.137. The largest absolute Gasteiger partial charge is 0.481 e. The van der Waals surface area contributed by atoms with Crippen LogP contribution < -0.4 is 10.6 Å². The van der Waals surface area contributed by atoms with E-state index in [1.807, 2.05) is 0 Å². The first-order valence-corrected chi connectivity index (χ1v) is 9.49. The summed E-state index contributed by atoms with van der Waals surface area (Å²) in [6, 6.07) is 5.02. The van der Waals surface area contributed by atoms with Crippen LogP contribution in [-0.4, -0.2) is 35.5 Å². The number of hydrogen-bond acceptors (Lipinski definition) is 3. The second-order valence-corrected chi connectivity index (χ2v) is 7.13. The van der Waals surface area contributed by atoms with E-state index in [0.717, 1.165) is 25.3 Å². The number of carbonyl (C=O) groups is 3. The van der Waals surface area contributed by atoms with E-state index in [4.69, 9.17) is 5.11 Å². The molecule has 0 radical (unpaired) electrons. The summed E-state index contributed by atoms with van der Waals surface area (Å²) in [6.45, 7) is -0.233. The maximum atomic E-state index is 13.2. The molecule has 0 aromatic heterocycles. The van der Waals surface area contributed by atoms with Crippen molar-refractivity contribution >= 4 is 17.8 Å². The smallest absolute Gasteiger partial charge is 0.303 e. The summed E-state index contributed by atoms with van der Waals surface area (Å²) in [5, 5.41) is 14.2. The van der Waals surface area contributed by atoms with Crippen LogP contribution in [0.3, 0.4) is 0 Å². The molecular formula is C20H27FN2O4. The van der Waals surface area contributed by atoms with Gasteiger partial charge in [-0.3, -0.25) is 14.4 Å². The minimum Gasteiger partial charge on any atom is -0.481 e. The predicted molar refractivity (Wildman–Crippen MR) is 98.7 cm³/mol. The Bertz CT molecular complexity index is 659. The molecule has 0 spiro atoms. The summed E-state index contributed by atoms with van der Waals surface area (Å²) in [7, 11) is 0. The lowest BCUT2D eigenvalue weighted by Crippen LogP contribution is -2.43. The van der Waals surface area contributed by atoms with Crippen molar-refractivity contribution in [1.29, 1.82) is 0 Å². The van der Waals surface area contributed by atoms with Crippen molar-refractivity contribution in [2.24, 2.45) is 5.92 Å².